The first kappa shape index (κ1) is 17.3. The number of hydrogen-bond acceptors (Lipinski definition) is 2. The highest BCUT2D eigenvalue weighted by Gasteiger charge is 2.22. The van der Waals surface area contributed by atoms with Gasteiger partial charge in [-0.3, -0.25) is 4.79 Å². The van der Waals surface area contributed by atoms with Crippen LogP contribution in [0.2, 0.25) is 0 Å². The van der Waals surface area contributed by atoms with Crippen LogP contribution in [-0.2, 0) is 4.79 Å². The SMILES string of the molecule is C=CCN(CC=C)C(=O)NCCC(=O)N1CCCC[C@@H]1C. The summed E-state index contributed by atoms with van der Waals surface area (Å²) in [5.74, 6) is 0.126. The fraction of sp³-hybridized carbons (Fsp3) is 0.625. The first-order valence-corrected chi connectivity index (χ1v) is 7.64. The molecule has 3 amide bonds. The third kappa shape index (κ3) is 5.61. The molecule has 0 saturated carbocycles. The number of hydrogen-bond donors (Lipinski definition) is 1. The van der Waals surface area contributed by atoms with E-state index in [9.17, 15) is 9.59 Å². The van der Waals surface area contributed by atoms with Gasteiger partial charge < -0.3 is 15.1 Å². The molecule has 1 fully saturated rings. The van der Waals surface area contributed by atoms with Crippen molar-refractivity contribution in [2.75, 3.05) is 26.2 Å². The van der Waals surface area contributed by atoms with Gasteiger partial charge in [0.25, 0.3) is 0 Å². The Balaban J connectivity index is 2.34. The van der Waals surface area contributed by atoms with Crippen LogP contribution in [-0.4, -0.2) is 54.0 Å². The van der Waals surface area contributed by atoms with Crippen LogP contribution in [0.25, 0.3) is 0 Å². The number of nitrogens with zero attached hydrogens (tertiary/aromatic N) is 2. The predicted octanol–water partition coefficient (Wildman–Crippen LogP) is 2.16. The lowest BCUT2D eigenvalue weighted by Crippen LogP contribution is -2.45. The first-order chi connectivity index (χ1) is 10.1. The molecular weight excluding hydrogens is 266 g/mol. The highest BCUT2D eigenvalue weighted by Crippen LogP contribution is 2.16. The zero-order chi connectivity index (χ0) is 15.7. The minimum Gasteiger partial charge on any atom is -0.340 e. The first-order valence-electron chi connectivity index (χ1n) is 7.64. The molecule has 5 heteroatoms. The number of amides is 3. The van der Waals surface area contributed by atoms with E-state index in [0.717, 1.165) is 19.4 Å². The van der Waals surface area contributed by atoms with Crippen molar-refractivity contribution < 1.29 is 9.59 Å². The van der Waals surface area contributed by atoms with Gasteiger partial charge >= 0.3 is 6.03 Å². The molecule has 0 bridgehead atoms. The summed E-state index contributed by atoms with van der Waals surface area (Å²) in [6.07, 6.45) is 7.04. The van der Waals surface area contributed by atoms with E-state index in [1.165, 1.54) is 6.42 Å². The second-order valence-corrected chi connectivity index (χ2v) is 5.40. The molecule has 1 heterocycles. The molecule has 0 aromatic rings. The summed E-state index contributed by atoms with van der Waals surface area (Å²) >= 11 is 0. The van der Waals surface area contributed by atoms with E-state index >= 15 is 0 Å². The van der Waals surface area contributed by atoms with Crippen molar-refractivity contribution in [3.63, 3.8) is 0 Å². The van der Waals surface area contributed by atoms with Gasteiger partial charge in [-0.05, 0) is 26.2 Å². The van der Waals surface area contributed by atoms with Gasteiger partial charge in [-0.1, -0.05) is 12.2 Å². The number of carbonyl (C=O) groups is 2. The molecular formula is C16H27N3O2. The Kier molecular flexibility index (Phi) is 7.58. The standard InChI is InChI=1S/C16H27N3O2/c1-4-11-18(12-5-2)16(21)17-10-9-15(20)19-13-7-6-8-14(19)3/h4-5,14H,1-2,6-13H2,3H3,(H,17,21)/t14-/m0/s1. The van der Waals surface area contributed by atoms with E-state index in [-0.39, 0.29) is 11.9 Å². The number of likely N-dealkylation sites (tertiary alicyclic amines) is 1. The van der Waals surface area contributed by atoms with Crippen molar-refractivity contribution in [2.24, 2.45) is 0 Å². The third-order valence-electron chi connectivity index (χ3n) is 3.72. The van der Waals surface area contributed by atoms with Crippen molar-refractivity contribution in [2.45, 2.75) is 38.6 Å². The van der Waals surface area contributed by atoms with Crippen LogP contribution >= 0.6 is 0 Å². The van der Waals surface area contributed by atoms with Crippen molar-refractivity contribution in [1.82, 2.24) is 15.1 Å². The van der Waals surface area contributed by atoms with Crippen LogP contribution in [0.5, 0.6) is 0 Å². The molecule has 1 rings (SSSR count). The fourth-order valence-electron chi connectivity index (χ4n) is 2.55. The van der Waals surface area contributed by atoms with Crippen LogP contribution in [0.4, 0.5) is 4.79 Å². The van der Waals surface area contributed by atoms with Gasteiger partial charge in [0.15, 0.2) is 0 Å². The number of nitrogens with one attached hydrogen (secondary N) is 1. The second kappa shape index (κ2) is 9.21. The van der Waals surface area contributed by atoms with E-state index in [0.29, 0.717) is 32.1 Å². The van der Waals surface area contributed by atoms with Gasteiger partial charge in [0.05, 0.1) is 0 Å². The molecule has 1 aliphatic rings. The van der Waals surface area contributed by atoms with E-state index < -0.39 is 0 Å². The summed E-state index contributed by atoms with van der Waals surface area (Å²) in [5.41, 5.74) is 0. The summed E-state index contributed by atoms with van der Waals surface area (Å²) in [6.45, 7) is 11.5. The van der Waals surface area contributed by atoms with Crippen LogP contribution < -0.4 is 5.32 Å². The number of piperidine rings is 1. The van der Waals surface area contributed by atoms with Gasteiger partial charge in [-0.15, -0.1) is 13.2 Å². The Labute approximate surface area is 127 Å². The van der Waals surface area contributed by atoms with Gasteiger partial charge in [0.1, 0.15) is 0 Å². The molecule has 0 radical (unpaired) electrons. The zero-order valence-corrected chi connectivity index (χ0v) is 13.0. The topological polar surface area (TPSA) is 52.7 Å². The maximum Gasteiger partial charge on any atom is 0.317 e. The summed E-state index contributed by atoms with van der Waals surface area (Å²) in [5, 5.41) is 2.78. The van der Waals surface area contributed by atoms with E-state index in [1.807, 2.05) is 4.90 Å². The van der Waals surface area contributed by atoms with Crippen molar-refractivity contribution in [3.8, 4) is 0 Å². The zero-order valence-electron chi connectivity index (χ0n) is 13.0. The maximum absolute atomic E-state index is 12.1. The molecule has 1 N–H and O–H groups in total. The molecule has 1 aliphatic heterocycles. The lowest BCUT2D eigenvalue weighted by Gasteiger charge is -2.33. The largest absolute Gasteiger partial charge is 0.340 e. The molecule has 118 valence electrons. The van der Waals surface area contributed by atoms with Gasteiger partial charge in [-0.2, -0.15) is 0 Å². The molecule has 0 aromatic heterocycles. The Morgan fingerprint density at radius 2 is 1.95 bits per heavy atom. The van der Waals surface area contributed by atoms with Gasteiger partial charge in [0, 0.05) is 38.6 Å². The van der Waals surface area contributed by atoms with E-state index in [4.69, 9.17) is 0 Å². The fourth-order valence-corrected chi connectivity index (χ4v) is 2.55. The van der Waals surface area contributed by atoms with Crippen LogP contribution in [0.1, 0.15) is 32.6 Å². The average molecular weight is 293 g/mol. The van der Waals surface area contributed by atoms with E-state index in [2.05, 4.69) is 25.4 Å². The molecule has 0 aliphatic carbocycles. The van der Waals surface area contributed by atoms with Crippen molar-refractivity contribution >= 4 is 11.9 Å². The number of urea groups is 1. The Bertz CT molecular complexity index is 372. The molecule has 5 nitrogen and oxygen atoms in total. The molecule has 1 atom stereocenters. The monoisotopic (exact) mass is 293 g/mol. The van der Waals surface area contributed by atoms with Crippen molar-refractivity contribution in [1.29, 1.82) is 0 Å². The maximum atomic E-state index is 12.1. The lowest BCUT2D eigenvalue weighted by atomic mass is 10.0. The second-order valence-electron chi connectivity index (χ2n) is 5.40. The van der Waals surface area contributed by atoms with Crippen molar-refractivity contribution in [3.05, 3.63) is 25.3 Å². The number of rotatable bonds is 7. The molecule has 0 spiro atoms. The Hall–Kier alpha value is -1.78. The van der Waals surface area contributed by atoms with Gasteiger partial charge in [0.2, 0.25) is 5.91 Å². The quantitative estimate of drug-likeness (QED) is 0.731. The summed E-state index contributed by atoms with van der Waals surface area (Å²) in [7, 11) is 0. The Morgan fingerprint density at radius 1 is 1.29 bits per heavy atom. The lowest BCUT2D eigenvalue weighted by molar-refractivity contribution is -0.134. The van der Waals surface area contributed by atoms with E-state index in [1.54, 1.807) is 17.1 Å². The normalized spacial score (nSPS) is 18.0. The highest BCUT2D eigenvalue weighted by molar-refractivity contribution is 5.78. The van der Waals surface area contributed by atoms with Crippen LogP contribution in [0.3, 0.4) is 0 Å². The summed E-state index contributed by atoms with van der Waals surface area (Å²) in [6, 6.07) is 0.134. The minimum atomic E-state index is -0.186. The Morgan fingerprint density at radius 3 is 2.52 bits per heavy atom. The molecule has 1 saturated heterocycles. The summed E-state index contributed by atoms with van der Waals surface area (Å²) < 4.78 is 0. The summed E-state index contributed by atoms with van der Waals surface area (Å²) in [4.78, 5) is 27.6. The molecule has 21 heavy (non-hydrogen) atoms. The minimum absolute atomic E-state index is 0.126. The third-order valence-corrected chi connectivity index (χ3v) is 3.72. The number of carbonyl (C=O) groups excluding carboxylic acids is 2. The van der Waals surface area contributed by atoms with Crippen LogP contribution in [0.15, 0.2) is 25.3 Å². The highest BCUT2D eigenvalue weighted by atomic mass is 16.2. The molecule has 0 aromatic carbocycles. The van der Waals surface area contributed by atoms with Gasteiger partial charge in [-0.25, -0.2) is 4.79 Å². The predicted molar refractivity (Wildman–Crippen MR) is 85.0 cm³/mol. The van der Waals surface area contributed by atoms with Crippen LogP contribution in [0, 0.1) is 0 Å². The smallest absolute Gasteiger partial charge is 0.317 e. The average Bonchev–Trinajstić information content (AvgIpc) is 2.47. The molecule has 0 unspecified atom stereocenters.